The number of nitrogens with one attached hydrogen (secondary N) is 1. The average Bonchev–Trinajstić information content (AvgIpc) is 3.43. The Balaban J connectivity index is 1.15. The molecule has 2 aliphatic heterocycles. The number of fused-ring (bicyclic) bond motifs is 8. The smallest absolute Gasteiger partial charge is 0.312 e. The number of aliphatic hydroxyl groups excluding tert-OH is 1. The zero-order chi connectivity index (χ0) is 32.5. The van der Waals surface area contributed by atoms with Gasteiger partial charge < -0.3 is 25.3 Å². The second kappa shape index (κ2) is 9.43. The highest BCUT2D eigenvalue weighted by Crippen LogP contribution is 2.75. The molecule has 0 radical (unpaired) electrons. The van der Waals surface area contributed by atoms with Crippen LogP contribution >= 0.6 is 0 Å². The first-order valence-electron chi connectivity index (χ1n) is 17.0. The minimum atomic E-state index is -0.933. The number of ketones is 1. The summed E-state index contributed by atoms with van der Waals surface area (Å²) in [7, 11) is 1.98. The van der Waals surface area contributed by atoms with Crippen LogP contribution in [-0.4, -0.2) is 82.0 Å². The highest BCUT2D eigenvalue weighted by atomic mass is 16.3. The number of hydrogen-bond acceptors (Lipinski definition) is 6. The van der Waals surface area contributed by atoms with Crippen molar-refractivity contribution in [3.63, 3.8) is 0 Å². The van der Waals surface area contributed by atoms with E-state index in [1.807, 2.05) is 14.0 Å². The molecule has 3 N–H and O–H groups in total. The SMILES string of the molecule is CC1=C(O)C(=O)C=C2C1=CC=C1C2(C)CC[C@@]2(C)C3CC(C)(NC(=O)C(=O)N4CC5CN(C)CC5(O)C4)CCC3(C)CCC12C. The van der Waals surface area contributed by atoms with Crippen LogP contribution < -0.4 is 5.32 Å². The molecule has 8 atom stereocenters. The summed E-state index contributed by atoms with van der Waals surface area (Å²) in [5.74, 6) is -1.21. The maximum absolute atomic E-state index is 13.5. The molecule has 5 fully saturated rings. The van der Waals surface area contributed by atoms with E-state index in [1.165, 1.54) is 5.57 Å². The molecule has 3 saturated carbocycles. The molecule has 2 amide bonds. The number of β-amino-alcohol motifs (C(OH)–C–C–N with tert-alkyl or cyclic N) is 1. The number of amides is 2. The molecule has 45 heavy (non-hydrogen) atoms. The fraction of sp³-hybridized carbons (Fsp3) is 0.703. The number of carbonyl (C=O) groups is 3. The molecule has 7 unspecified atom stereocenters. The van der Waals surface area contributed by atoms with Crippen LogP contribution in [0.1, 0.15) is 86.5 Å². The van der Waals surface area contributed by atoms with Gasteiger partial charge in [-0.2, -0.15) is 0 Å². The minimum Gasteiger partial charge on any atom is -0.504 e. The van der Waals surface area contributed by atoms with Crippen molar-refractivity contribution in [3.8, 4) is 0 Å². The zero-order valence-electron chi connectivity index (χ0n) is 28.2. The highest BCUT2D eigenvalue weighted by molar-refractivity contribution is 6.35. The lowest BCUT2D eigenvalue weighted by atomic mass is 9.35. The monoisotopic (exact) mass is 617 g/mol. The number of carbonyl (C=O) groups excluding carboxylic acids is 3. The van der Waals surface area contributed by atoms with Crippen LogP contribution in [0.25, 0.3) is 0 Å². The van der Waals surface area contributed by atoms with Crippen LogP contribution in [0, 0.1) is 33.5 Å². The summed E-state index contributed by atoms with van der Waals surface area (Å²) in [6, 6.07) is 0. The molecule has 0 spiro atoms. The lowest BCUT2D eigenvalue weighted by Gasteiger charge is -2.70. The molecule has 0 aromatic heterocycles. The van der Waals surface area contributed by atoms with Gasteiger partial charge in [0, 0.05) is 42.1 Å². The normalized spacial score (nSPS) is 45.8. The lowest BCUT2D eigenvalue weighted by Crippen LogP contribution is -2.65. The van der Waals surface area contributed by atoms with Crippen LogP contribution in [0.3, 0.4) is 0 Å². The molecule has 7 rings (SSSR count). The summed E-state index contributed by atoms with van der Waals surface area (Å²) >= 11 is 0. The fourth-order valence-electron chi connectivity index (χ4n) is 11.5. The van der Waals surface area contributed by atoms with E-state index in [2.05, 4.69) is 57.0 Å². The van der Waals surface area contributed by atoms with Crippen molar-refractivity contribution < 1.29 is 24.6 Å². The number of nitrogens with zero attached hydrogens (tertiary/aromatic N) is 2. The third-order valence-corrected chi connectivity index (χ3v) is 14.5. The van der Waals surface area contributed by atoms with Gasteiger partial charge in [-0.15, -0.1) is 0 Å². The number of likely N-dealkylation sites (N-methyl/N-ethyl adjacent to an activating group) is 1. The van der Waals surface area contributed by atoms with Gasteiger partial charge in [0.15, 0.2) is 5.76 Å². The standard InChI is InChI=1S/C37H51N3O5/c1-22-24-8-9-27-34(4,25(24)16-26(41)29(22)42)13-15-36(6)28-17-33(3,12-10-32(28,2)11-14-35(27,36)5)38-30(43)31(44)40-19-23-18-39(7)20-37(23,45)21-40/h8-9,16,23,28,42,45H,10-15,17-21H2,1-7H3,(H,38,43)/t23?,28?,32?,33?,34?,35?,36-,37?/m0/s1. The number of hydrogen-bond donors (Lipinski definition) is 3. The van der Waals surface area contributed by atoms with Gasteiger partial charge in [-0.05, 0) is 105 Å². The minimum absolute atomic E-state index is 0.0183. The zero-order valence-corrected chi connectivity index (χ0v) is 28.2. The topological polar surface area (TPSA) is 110 Å². The molecule has 2 saturated heterocycles. The maximum atomic E-state index is 13.5. The number of aliphatic hydroxyl groups is 2. The van der Waals surface area contributed by atoms with E-state index in [0.717, 1.165) is 62.6 Å². The predicted molar refractivity (Wildman–Crippen MR) is 172 cm³/mol. The van der Waals surface area contributed by atoms with Crippen molar-refractivity contribution in [3.05, 3.63) is 46.3 Å². The van der Waals surface area contributed by atoms with Gasteiger partial charge in [-0.1, -0.05) is 45.4 Å². The van der Waals surface area contributed by atoms with Gasteiger partial charge in [-0.3, -0.25) is 14.4 Å². The summed E-state index contributed by atoms with van der Waals surface area (Å²) in [4.78, 5) is 43.4. The molecule has 8 nitrogen and oxygen atoms in total. The van der Waals surface area contributed by atoms with E-state index in [0.29, 0.717) is 24.6 Å². The van der Waals surface area contributed by atoms with Gasteiger partial charge in [0.25, 0.3) is 0 Å². The molecule has 244 valence electrons. The number of allylic oxidation sites excluding steroid dienone is 7. The van der Waals surface area contributed by atoms with Crippen LogP contribution in [0.15, 0.2) is 46.3 Å². The maximum Gasteiger partial charge on any atom is 0.312 e. The molecule has 0 bridgehead atoms. The predicted octanol–water partition coefficient (Wildman–Crippen LogP) is 4.62. The van der Waals surface area contributed by atoms with Gasteiger partial charge >= 0.3 is 11.8 Å². The third-order valence-electron chi connectivity index (χ3n) is 14.5. The Bertz CT molecular complexity index is 1540. The van der Waals surface area contributed by atoms with Crippen molar-refractivity contribution in [2.75, 3.05) is 33.2 Å². The van der Waals surface area contributed by atoms with Gasteiger partial charge in [0.1, 0.15) is 5.60 Å². The van der Waals surface area contributed by atoms with Gasteiger partial charge in [0.2, 0.25) is 5.78 Å². The summed E-state index contributed by atoms with van der Waals surface area (Å²) in [5, 5.41) is 24.7. The van der Waals surface area contributed by atoms with Crippen LogP contribution in [0.2, 0.25) is 0 Å². The van der Waals surface area contributed by atoms with Crippen molar-refractivity contribution in [1.29, 1.82) is 0 Å². The van der Waals surface area contributed by atoms with E-state index in [4.69, 9.17) is 0 Å². The van der Waals surface area contributed by atoms with E-state index in [-0.39, 0.29) is 45.7 Å². The molecule has 2 heterocycles. The molecule has 0 aromatic rings. The molecule has 8 heteroatoms. The van der Waals surface area contributed by atoms with Crippen molar-refractivity contribution in [1.82, 2.24) is 15.1 Å². The molecule has 5 aliphatic carbocycles. The van der Waals surface area contributed by atoms with E-state index < -0.39 is 23.0 Å². The fourth-order valence-corrected chi connectivity index (χ4v) is 11.5. The second-order valence-electron chi connectivity index (χ2n) is 17.2. The third kappa shape index (κ3) is 4.13. The Morgan fingerprint density at radius 2 is 1.67 bits per heavy atom. The highest BCUT2D eigenvalue weighted by Gasteiger charge is 2.67. The Morgan fingerprint density at radius 1 is 0.956 bits per heavy atom. The Hall–Kier alpha value is -2.71. The van der Waals surface area contributed by atoms with E-state index >= 15 is 0 Å². The first-order valence-corrected chi connectivity index (χ1v) is 17.0. The molecule has 7 aliphatic rings. The van der Waals surface area contributed by atoms with Crippen molar-refractivity contribution in [2.45, 2.75) is 97.6 Å². The molecule has 0 aromatic carbocycles. The number of rotatable bonds is 1. The average molecular weight is 618 g/mol. The van der Waals surface area contributed by atoms with Crippen LogP contribution in [0.5, 0.6) is 0 Å². The van der Waals surface area contributed by atoms with Crippen molar-refractivity contribution in [2.24, 2.45) is 33.5 Å². The van der Waals surface area contributed by atoms with Gasteiger partial charge in [-0.25, -0.2) is 0 Å². The first-order chi connectivity index (χ1) is 20.9. The quantitative estimate of drug-likeness (QED) is 0.371. The van der Waals surface area contributed by atoms with Crippen molar-refractivity contribution >= 4 is 17.6 Å². The van der Waals surface area contributed by atoms with E-state index in [1.54, 1.807) is 11.0 Å². The largest absolute Gasteiger partial charge is 0.504 e. The number of likely N-dealkylation sites (tertiary alicyclic amines) is 2. The summed E-state index contributed by atoms with van der Waals surface area (Å²) in [6.45, 7) is 15.5. The molecular weight excluding hydrogens is 566 g/mol. The summed E-state index contributed by atoms with van der Waals surface area (Å²) in [6.07, 6.45) is 12.8. The van der Waals surface area contributed by atoms with Crippen LogP contribution in [0.4, 0.5) is 0 Å². The Labute approximate surface area is 267 Å². The summed E-state index contributed by atoms with van der Waals surface area (Å²) < 4.78 is 0. The Kier molecular flexibility index (Phi) is 6.48. The van der Waals surface area contributed by atoms with Gasteiger partial charge in [0.05, 0.1) is 6.54 Å². The molecular formula is C37H51N3O5. The van der Waals surface area contributed by atoms with Crippen LogP contribution in [-0.2, 0) is 14.4 Å². The first kappa shape index (κ1) is 30.9. The lowest BCUT2D eigenvalue weighted by molar-refractivity contribution is -0.159. The Morgan fingerprint density at radius 3 is 2.38 bits per heavy atom. The second-order valence-corrected chi connectivity index (χ2v) is 17.2. The van der Waals surface area contributed by atoms with E-state index in [9.17, 15) is 24.6 Å². The summed E-state index contributed by atoms with van der Waals surface area (Å²) in [5.41, 5.74) is 2.34.